The number of nitrogens with zero attached hydrogens (tertiary/aromatic N) is 4. The molecule has 124 valence electrons. The van der Waals surface area contributed by atoms with E-state index in [9.17, 15) is 4.79 Å². The summed E-state index contributed by atoms with van der Waals surface area (Å²) in [5.74, 6) is 0.595. The van der Waals surface area contributed by atoms with Crippen molar-refractivity contribution in [3.05, 3.63) is 35.5 Å². The maximum atomic E-state index is 11.5. The molecule has 0 aliphatic rings. The first-order valence-electron chi connectivity index (χ1n) is 7.82. The molecule has 8 nitrogen and oxygen atoms in total. The third-order valence-electron chi connectivity index (χ3n) is 3.64. The molecule has 0 aromatic carbocycles. The normalized spacial score (nSPS) is 10.9. The Bertz CT molecular complexity index is 870. The van der Waals surface area contributed by atoms with Gasteiger partial charge < -0.3 is 16.0 Å². The average Bonchev–Trinajstić information content (AvgIpc) is 2.97. The summed E-state index contributed by atoms with van der Waals surface area (Å²) in [6.45, 7) is 3.98. The first kappa shape index (κ1) is 15.9. The number of anilines is 2. The van der Waals surface area contributed by atoms with Gasteiger partial charge in [0, 0.05) is 6.20 Å². The number of hydrogen-bond acceptors (Lipinski definition) is 6. The molecule has 0 fully saturated rings. The molecular formula is C16H19N7O. The lowest BCUT2D eigenvalue weighted by Gasteiger charge is -2.10. The summed E-state index contributed by atoms with van der Waals surface area (Å²) < 4.78 is 0. The van der Waals surface area contributed by atoms with Gasteiger partial charge in [-0.25, -0.2) is 15.0 Å². The van der Waals surface area contributed by atoms with Crippen molar-refractivity contribution >= 4 is 28.7 Å². The highest BCUT2D eigenvalue weighted by molar-refractivity contribution is 6.03. The molecule has 0 bridgehead atoms. The molecule has 3 heterocycles. The maximum absolute atomic E-state index is 11.5. The Morgan fingerprint density at radius 1 is 1.29 bits per heavy atom. The van der Waals surface area contributed by atoms with E-state index < -0.39 is 5.91 Å². The Morgan fingerprint density at radius 3 is 2.79 bits per heavy atom. The molecule has 4 N–H and O–H groups in total. The molecule has 3 aromatic rings. The Labute approximate surface area is 138 Å². The Kier molecular flexibility index (Phi) is 4.37. The van der Waals surface area contributed by atoms with Crippen LogP contribution in [0.2, 0.25) is 0 Å². The van der Waals surface area contributed by atoms with Gasteiger partial charge in [0.25, 0.3) is 5.91 Å². The van der Waals surface area contributed by atoms with Crippen molar-refractivity contribution < 1.29 is 4.79 Å². The highest BCUT2D eigenvalue weighted by atomic mass is 16.1. The number of H-pyrrole nitrogens is 1. The van der Waals surface area contributed by atoms with Crippen LogP contribution in [0.15, 0.2) is 18.6 Å². The molecule has 24 heavy (non-hydrogen) atoms. The lowest BCUT2D eigenvalue weighted by Crippen LogP contribution is -2.11. The minimum Gasteiger partial charge on any atom is -0.365 e. The summed E-state index contributed by atoms with van der Waals surface area (Å²) in [6, 6.07) is 0. The van der Waals surface area contributed by atoms with Gasteiger partial charge in [-0.2, -0.15) is 0 Å². The zero-order valence-electron chi connectivity index (χ0n) is 13.6. The van der Waals surface area contributed by atoms with Crippen molar-refractivity contribution in [2.24, 2.45) is 5.73 Å². The van der Waals surface area contributed by atoms with Crippen LogP contribution in [-0.2, 0) is 6.42 Å². The van der Waals surface area contributed by atoms with E-state index in [2.05, 4.69) is 37.2 Å². The SMILES string of the molecule is CCCCc1nc2[nH]cc(C(N)=O)c2nc1Nc1cnc(C)cn1. The van der Waals surface area contributed by atoms with Crippen LogP contribution >= 0.6 is 0 Å². The standard InChI is InChI=1S/C16H19N7O/c1-3-4-5-11-15(22-12-8-18-9(2)6-19-12)23-13-10(14(17)24)7-20-16(13)21-11/h6-8H,3-5H2,1-2H3,(H2,17,24)(H,20,21)(H,19,22,23). The maximum Gasteiger partial charge on any atom is 0.252 e. The summed E-state index contributed by atoms with van der Waals surface area (Å²) in [5, 5.41) is 3.14. The van der Waals surface area contributed by atoms with Crippen molar-refractivity contribution in [2.75, 3.05) is 5.32 Å². The lowest BCUT2D eigenvalue weighted by atomic mass is 10.2. The summed E-state index contributed by atoms with van der Waals surface area (Å²) >= 11 is 0. The van der Waals surface area contributed by atoms with E-state index in [4.69, 9.17) is 5.73 Å². The molecule has 0 aliphatic carbocycles. The molecule has 0 aliphatic heterocycles. The number of aryl methyl sites for hydroxylation is 2. The smallest absolute Gasteiger partial charge is 0.252 e. The lowest BCUT2D eigenvalue weighted by molar-refractivity contribution is 0.100. The van der Waals surface area contributed by atoms with Gasteiger partial charge in [-0.3, -0.25) is 9.78 Å². The topological polar surface area (TPSA) is 122 Å². The Morgan fingerprint density at radius 2 is 2.12 bits per heavy atom. The molecule has 0 unspecified atom stereocenters. The van der Waals surface area contributed by atoms with Crippen LogP contribution in [0.4, 0.5) is 11.6 Å². The van der Waals surface area contributed by atoms with Gasteiger partial charge >= 0.3 is 0 Å². The fraction of sp³-hybridized carbons (Fsp3) is 0.312. The predicted octanol–water partition coefficient (Wildman–Crippen LogP) is 2.24. The van der Waals surface area contributed by atoms with Crippen LogP contribution in [0, 0.1) is 6.92 Å². The zero-order valence-corrected chi connectivity index (χ0v) is 13.6. The molecule has 0 spiro atoms. The molecule has 1 amide bonds. The summed E-state index contributed by atoms with van der Waals surface area (Å²) in [5.41, 5.74) is 8.35. The van der Waals surface area contributed by atoms with Crippen molar-refractivity contribution in [1.82, 2.24) is 24.9 Å². The third-order valence-corrected chi connectivity index (χ3v) is 3.64. The largest absolute Gasteiger partial charge is 0.365 e. The summed E-state index contributed by atoms with van der Waals surface area (Å²) in [7, 11) is 0. The number of hydrogen-bond donors (Lipinski definition) is 3. The van der Waals surface area contributed by atoms with Gasteiger partial charge in [0.2, 0.25) is 0 Å². The van der Waals surface area contributed by atoms with E-state index in [0.717, 1.165) is 30.7 Å². The van der Waals surface area contributed by atoms with Gasteiger partial charge in [0.1, 0.15) is 11.3 Å². The summed E-state index contributed by atoms with van der Waals surface area (Å²) in [6.07, 6.45) is 7.64. The number of aromatic nitrogens is 5. The third kappa shape index (κ3) is 3.17. The number of primary amides is 1. The minimum absolute atomic E-state index is 0.317. The van der Waals surface area contributed by atoms with Crippen LogP contribution in [0.1, 0.15) is 41.5 Å². The number of amides is 1. The van der Waals surface area contributed by atoms with Crippen LogP contribution < -0.4 is 11.1 Å². The van der Waals surface area contributed by atoms with E-state index >= 15 is 0 Å². The van der Waals surface area contributed by atoms with Gasteiger partial charge in [-0.15, -0.1) is 0 Å². The molecule has 3 aromatic heterocycles. The Hall–Kier alpha value is -3.03. The van der Waals surface area contributed by atoms with E-state index in [1.54, 1.807) is 12.4 Å². The number of aromatic amines is 1. The van der Waals surface area contributed by atoms with E-state index in [0.29, 0.717) is 28.4 Å². The fourth-order valence-corrected chi connectivity index (χ4v) is 2.35. The second-order valence-corrected chi connectivity index (χ2v) is 5.55. The summed E-state index contributed by atoms with van der Waals surface area (Å²) in [4.78, 5) is 32.1. The first-order valence-corrected chi connectivity index (χ1v) is 7.82. The van der Waals surface area contributed by atoms with Crippen LogP contribution in [0.25, 0.3) is 11.2 Å². The number of carbonyl (C=O) groups excluding carboxylic acids is 1. The number of nitrogens with one attached hydrogen (secondary N) is 2. The van der Waals surface area contributed by atoms with Gasteiger partial charge in [-0.1, -0.05) is 13.3 Å². The van der Waals surface area contributed by atoms with Gasteiger partial charge in [0.15, 0.2) is 11.5 Å². The monoisotopic (exact) mass is 325 g/mol. The van der Waals surface area contributed by atoms with E-state index in [1.807, 2.05) is 6.92 Å². The highest BCUT2D eigenvalue weighted by Crippen LogP contribution is 2.23. The molecular weight excluding hydrogens is 306 g/mol. The quantitative estimate of drug-likeness (QED) is 0.639. The van der Waals surface area contributed by atoms with Crippen molar-refractivity contribution in [3.63, 3.8) is 0 Å². The van der Waals surface area contributed by atoms with Gasteiger partial charge in [0.05, 0.1) is 29.3 Å². The van der Waals surface area contributed by atoms with E-state index in [1.165, 1.54) is 6.20 Å². The van der Waals surface area contributed by atoms with Gasteiger partial charge in [-0.05, 0) is 19.8 Å². The predicted molar refractivity (Wildman–Crippen MR) is 91.1 cm³/mol. The average molecular weight is 325 g/mol. The highest BCUT2D eigenvalue weighted by Gasteiger charge is 2.16. The van der Waals surface area contributed by atoms with Crippen molar-refractivity contribution in [3.8, 4) is 0 Å². The zero-order chi connectivity index (χ0) is 17.1. The van der Waals surface area contributed by atoms with Crippen LogP contribution in [0.3, 0.4) is 0 Å². The molecule has 8 heteroatoms. The minimum atomic E-state index is -0.544. The second kappa shape index (κ2) is 6.61. The first-order chi connectivity index (χ1) is 11.6. The van der Waals surface area contributed by atoms with Crippen LogP contribution in [-0.4, -0.2) is 30.8 Å². The molecule has 0 saturated heterocycles. The molecule has 0 atom stereocenters. The number of unbranched alkanes of at least 4 members (excludes halogenated alkanes) is 1. The number of nitrogens with two attached hydrogens (primary N) is 1. The number of carbonyl (C=O) groups is 1. The Balaban J connectivity index is 2.05. The molecule has 0 radical (unpaired) electrons. The second-order valence-electron chi connectivity index (χ2n) is 5.55. The number of rotatable bonds is 6. The van der Waals surface area contributed by atoms with Crippen molar-refractivity contribution in [1.29, 1.82) is 0 Å². The van der Waals surface area contributed by atoms with Crippen LogP contribution in [0.5, 0.6) is 0 Å². The van der Waals surface area contributed by atoms with E-state index in [-0.39, 0.29) is 0 Å². The van der Waals surface area contributed by atoms with Crippen molar-refractivity contribution in [2.45, 2.75) is 33.1 Å². The molecule has 0 saturated carbocycles. The number of fused-ring (bicyclic) bond motifs is 1. The fourth-order valence-electron chi connectivity index (χ4n) is 2.35. The molecule has 3 rings (SSSR count).